The number of amides is 1. The van der Waals surface area contributed by atoms with Crippen LogP contribution >= 0.6 is 23.8 Å². The van der Waals surface area contributed by atoms with E-state index in [4.69, 9.17) is 23.8 Å². The van der Waals surface area contributed by atoms with Crippen molar-refractivity contribution in [2.45, 2.75) is 19.9 Å². The number of hydrogen-bond donors (Lipinski definition) is 3. The van der Waals surface area contributed by atoms with Gasteiger partial charge < -0.3 is 16.0 Å². The minimum absolute atomic E-state index is 0.287. The van der Waals surface area contributed by atoms with E-state index in [0.29, 0.717) is 27.1 Å². The lowest BCUT2D eigenvalue weighted by atomic mass is 9.95. The first-order chi connectivity index (χ1) is 12.4. The predicted molar refractivity (Wildman–Crippen MR) is 106 cm³/mol. The molecule has 0 saturated heterocycles. The molecule has 1 heterocycles. The first-order valence-electron chi connectivity index (χ1n) is 7.97. The monoisotopic (exact) mass is 389 g/mol. The summed E-state index contributed by atoms with van der Waals surface area (Å²) in [5.74, 6) is -0.629. The van der Waals surface area contributed by atoms with Crippen LogP contribution in [0.5, 0.6) is 0 Å². The second-order valence-corrected chi connectivity index (χ2v) is 6.80. The molecule has 1 aliphatic heterocycles. The van der Waals surface area contributed by atoms with E-state index in [0.717, 1.165) is 11.1 Å². The van der Waals surface area contributed by atoms with Crippen molar-refractivity contribution in [2.24, 2.45) is 0 Å². The number of halogens is 2. The SMILES string of the molecule is CC1=C(C(=O)Nc2cccc(Cl)c2C)[C@H](c2ccc(F)cc2)NC(=S)N1. The standard InChI is InChI=1S/C19H17ClFN3OS/c1-10-14(20)4-3-5-15(10)23-18(25)16-11(2)22-19(26)24-17(16)12-6-8-13(21)9-7-12/h3-9,17H,1-2H3,(H,23,25)(H2,22,24,26)/t17-/m0/s1. The molecule has 134 valence electrons. The molecule has 1 aliphatic rings. The molecule has 0 radical (unpaired) electrons. The minimum atomic E-state index is -0.483. The van der Waals surface area contributed by atoms with E-state index in [9.17, 15) is 9.18 Å². The number of thiocarbonyl (C=S) groups is 1. The van der Waals surface area contributed by atoms with Crippen LogP contribution in [0.2, 0.25) is 5.02 Å². The molecule has 0 fully saturated rings. The van der Waals surface area contributed by atoms with Gasteiger partial charge >= 0.3 is 0 Å². The van der Waals surface area contributed by atoms with Crippen LogP contribution in [0.3, 0.4) is 0 Å². The van der Waals surface area contributed by atoms with Crippen molar-refractivity contribution in [3.63, 3.8) is 0 Å². The normalized spacial score (nSPS) is 16.8. The largest absolute Gasteiger partial charge is 0.351 e. The van der Waals surface area contributed by atoms with Crippen LogP contribution in [-0.2, 0) is 4.79 Å². The van der Waals surface area contributed by atoms with Crippen LogP contribution < -0.4 is 16.0 Å². The maximum Gasteiger partial charge on any atom is 0.255 e. The van der Waals surface area contributed by atoms with Crippen molar-refractivity contribution in [1.82, 2.24) is 10.6 Å². The Bertz CT molecular complexity index is 912. The van der Waals surface area contributed by atoms with E-state index in [-0.39, 0.29) is 11.7 Å². The maximum atomic E-state index is 13.3. The summed E-state index contributed by atoms with van der Waals surface area (Å²) in [7, 11) is 0. The molecule has 3 N–H and O–H groups in total. The fraction of sp³-hybridized carbons (Fsp3) is 0.158. The third-order valence-electron chi connectivity index (χ3n) is 4.23. The van der Waals surface area contributed by atoms with E-state index in [1.807, 2.05) is 6.92 Å². The summed E-state index contributed by atoms with van der Waals surface area (Å²) in [4.78, 5) is 13.0. The third-order valence-corrected chi connectivity index (χ3v) is 4.86. The fourth-order valence-corrected chi connectivity index (χ4v) is 3.28. The smallest absolute Gasteiger partial charge is 0.255 e. The molecule has 0 bridgehead atoms. The molecule has 4 nitrogen and oxygen atoms in total. The topological polar surface area (TPSA) is 53.2 Å². The Balaban J connectivity index is 1.96. The van der Waals surface area contributed by atoms with Crippen LogP contribution in [0, 0.1) is 12.7 Å². The zero-order valence-electron chi connectivity index (χ0n) is 14.2. The second kappa shape index (κ2) is 7.43. The molecular weight excluding hydrogens is 373 g/mol. The van der Waals surface area contributed by atoms with Crippen molar-refractivity contribution < 1.29 is 9.18 Å². The van der Waals surface area contributed by atoms with Gasteiger partial charge in [-0.1, -0.05) is 29.8 Å². The lowest BCUT2D eigenvalue weighted by Gasteiger charge is -2.30. The third kappa shape index (κ3) is 3.71. The summed E-state index contributed by atoms with van der Waals surface area (Å²) >= 11 is 11.3. The average Bonchev–Trinajstić information content (AvgIpc) is 2.59. The van der Waals surface area contributed by atoms with Crippen LogP contribution in [0.25, 0.3) is 0 Å². The van der Waals surface area contributed by atoms with Crippen LogP contribution in [0.1, 0.15) is 24.1 Å². The van der Waals surface area contributed by atoms with Gasteiger partial charge in [-0.15, -0.1) is 0 Å². The number of carbonyl (C=O) groups excluding carboxylic acids is 1. The van der Waals surface area contributed by atoms with Crippen molar-refractivity contribution >= 4 is 40.5 Å². The molecule has 0 saturated carbocycles. The zero-order chi connectivity index (χ0) is 18.8. The number of rotatable bonds is 3. The van der Waals surface area contributed by atoms with Gasteiger partial charge in [-0.25, -0.2) is 4.39 Å². The minimum Gasteiger partial charge on any atom is -0.351 e. The molecule has 1 amide bonds. The average molecular weight is 390 g/mol. The van der Waals surface area contributed by atoms with Crippen molar-refractivity contribution in [1.29, 1.82) is 0 Å². The molecule has 3 rings (SSSR count). The van der Waals surface area contributed by atoms with Gasteiger partial charge in [-0.05, 0) is 61.5 Å². The Kier molecular flexibility index (Phi) is 5.25. The summed E-state index contributed by atoms with van der Waals surface area (Å²) < 4.78 is 13.3. The highest BCUT2D eigenvalue weighted by molar-refractivity contribution is 7.80. The Morgan fingerprint density at radius 3 is 2.58 bits per heavy atom. The number of anilines is 1. The van der Waals surface area contributed by atoms with Gasteiger partial charge in [0.1, 0.15) is 5.82 Å². The quantitative estimate of drug-likeness (QED) is 0.688. The molecule has 26 heavy (non-hydrogen) atoms. The van der Waals surface area contributed by atoms with Crippen molar-refractivity contribution in [3.8, 4) is 0 Å². The molecule has 2 aromatic carbocycles. The molecule has 2 aromatic rings. The molecule has 0 spiro atoms. The Morgan fingerprint density at radius 1 is 1.19 bits per heavy atom. The number of benzene rings is 2. The first-order valence-corrected chi connectivity index (χ1v) is 8.75. The Labute approximate surface area is 161 Å². The van der Waals surface area contributed by atoms with Gasteiger partial charge in [0.25, 0.3) is 5.91 Å². The zero-order valence-corrected chi connectivity index (χ0v) is 15.8. The van der Waals surface area contributed by atoms with Crippen LogP contribution in [0.4, 0.5) is 10.1 Å². The van der Waals surface area contributed by atoms with Gasteiger partial charge in [-0.2, -0.15) is 0 Å². The van der Waals surface area contributed by atoms with Gasteiger partial charge in [-0.3, -0.25) is 4.79 Å². The van der Waals surface area contributed by atoms with E-state index in [1.165, 1.54) is 12.1 Å². The summed E-state index contributed by atoms with van der Waals surface area (Å²) in [5, 5.41) is 9.93. The van der Waals surface area contributed by atoms with E-state index in [1.54, 1.807) is 37.3 Å². The predicted octanol–water partition coefficient (Wildman–Crippen LogP) is 4.22. The number of nitrogens with one attached hydrogen (secondary N) is 3. The maximum absolute atomic E-state index is 13.3. The number of carbonyl (C=O) groups is 1. The van der Waals surface area contributed by atoms with Crippen molar-refractivity contribution in [2.75, 3.05) is 5.32 Å². The van der Waals surface area contributed by atoms with Gasteiger partial charge in [0, 0.05) is 16.4 Å². The molecule has 0 aromatic heterocycles. The first kappa shape index (κ1) is 18.4. The number of allylic oxidation sites excluding steroid dienone is 1. The molecule has 1 atom stereocenters. The summed E-state index contributed by atoms with van der Waals surface area (Å²) in [6.45, 7) is 3.62. The summed E-state index contributed by atoms with van der Waals surface area (Å²) in [6.07, 6.45) is 0. The molecule has 7 heteroatoms. The highest BCUT2D eigenvalue weighted by Crippen LogP contribution is 2.29. The van der Waals surface area contributed by atoms with Gasteiger partial charge in [0.2, 0.25) is 0 Å². The second-order valence-electron chi connectivity index (χ2n) is 5.99. The van der Waals surface area contributed by atoms with E-state index in [2.05, 4.69) is 16.0 Å². The lowest BCUT2D eigenvalue weighted by molar-refractivity contribution is -0.113. The van der Waals surface area contributed by atoms with Crippen LogP contribution in [-0.4, -0.2) is 11.0 Å². The van der Waals surface area contributed by atoms with Crippen LogP contribution in [0.15, 0.2) is 53.7 Å². The van der Waals surface area contributed by atoms with E-state index >= 15 is 0 Å². The number of hydrogen-bond acceptors (Lipinski definition) is 2. The fourth-order valence-electron chi connectivity index (χ4n) is 2.83. The highest BCUT2D eigenvalue weighted by Gasteiger charge is 2.30. The lowest BCUT2D eigenvalue weighted by Crippen LogP contribution is -2.45. The van der Waals surface area contributed by atoms with Gasteiger partial charge in [0.15, 0.2) is 5.11 Å². The van der Waals surface area contributed by atoms with Gasteiger partial charge in [0.05, 0.1) is 11.6 Å². The summed E-state index contributed by atoms with van der Waals surface area (Å²) in [5.41, 5.74) is 3.27. The molecule has 0 aliphatic carbocycles. The Morgan fingerprint density at radius 2 is 1.88 bits per heavy atom. The van der Waals surface area contributed by atoms with E-state index < -0.39 is 6.04 Å². The highest BCUT2D eigenvalue weighted by atomic mass is 35.5. The summed E-state index contributed by atoms with van der Waals surface area (Å²) in [6, 6.07) is 10.8. The van der Waals surface area contributed by atoms with Crippen molar-refractivity contribution in [3.05, 3.63) is 75.7 Å². The Hall–Kier alpha value is -2.44. The molecular formula is C19H17ClFN3OS. The molecule has 0 unspecified atom stereocenters.